The van der Waals surface area contributed by atoms with Gasteiger partial charge in [0.25, 0.3) is 5.56 Å². The van der Waals surface area contributed by atoms with Crippen molar-refractivity contribution in [3.05, 3.63) is 63.1 Å². The molecule has 26 heavy (non-hydrogen) atoms. The molecule has 1 aromatic carbocycles. The highest BCUT2D eigenvalue weighted by molar-refractivity contribution is 6.30. The monoisotopic (exact) mass is 371 g/mol. The fourth-order valence-electron chi connectivity index (χ4n) is 3.35. The summed E-state index contributed by atoms with van der Waals surface area (Å²) in [6.07, 6.45) is 0.167. The number of hydrogen-bond donors (Lipinski definition) is 2. The second-order valence-corrected chi connectivity index (χ2v) is 7.12. The minimum atomic E-state index is -0.421. The van der Waals surface area contributed by atoms with Crippen LogP contribution in [0.25, 0.3) is 11.3 Å². The second kappa shape index (κ2) is 6.21. The average molecular weight is 372 g/mol. The molecule has 0 aliphatic carbocycles. The maximum absolute atomic E-state index is 12.5. The number of halogens is 1. The quantitative estimate of drug-likeness (QED) is 0.725. The van der Waals surface area contributed by atoms with Crippen LogP contribution in [0.5, 0.6) is 0 Å². The van der Waals surface area contributed by atoms with E-state index in [1.165, 1.54) is 0 Å². The van der Waals surface area contributed by atoms with Crippen LogP contribution in [-0.4, -0.2) is 15.7 Å². The van der Waals surface area contributed by atoms with E-state index in [9.17, 15) is 9.59 Å². The van der Waals surface area contributed by atoms with Crippen molar-refractivity contribution in [1.82, 2.24) is 9.78 Å². The van der Waals surface area contributed by atoms with Gasteiger partial charge in [-0.2, -0.15) is 0 Å². The van der Waals surface area contributed by atoms with Gasteiger partial charge < -0.3 is 9.73 Å². The van der Waals surface area contributed by atoms with Gasteiger partial charge in [0.2, 0.25) is 5.91 Å². The molecule has 0 saturated heterocycles. The van der Waals surface area contributed by atoms with Crippen LogP contribution in [0.15, 0.2) is 45.6 Å². The number of aromatic nitrogens is 2. The zero-order valence-corrected chi connectivity index (χ0v) is 15.1. The molecule has 1 aliphatic rings. The smallest absolute Gasteiger partial charge is 0.270 e. The van der Waals surface area contributed by atoms with Crippen LogP contribution >= 0.6 is 11.6 Å². The predicted octanol–water partition coefficient (Wildman–Crippen LogP) is 4.14. The third kappa shape index (κ3) is 2.76. The van der Waals surface area contributed by atoms with Crippen molar-refractivity contribution in [3.8, 4) is 11.3 Å². The van der Waals surface area contributed by atoms with E-state index in [1.54, 1.807) is 10.7 Å². The number of hydrogen-bond acceptors (Lipinski definition) is 3. The number of fused-ring (bicyclic) bond motifs is 1. The summed E-state index contributed by atoms with van der Waals surface area (Å²) in [5.74, 6) is 1.19. The van der Waals surface area contributed by atoms with Crippen molar-refractivity contribution in [2.24, 2.45) is 0 Å². The summed E-state index contributed by atoms with van der Waals surface area (Å²) in [5.41, 5.74) is 1.17. The van der Waals surface area contributed by atoms with Crippen LogP contribution in [0.3, 0.4) is 0 Å². The van der Waals surface area contributed by atoms with E-state index < -0.39 is 5.92 Å². The van der Waals surface area contributed by atoms with Crippen molar-refractivity contribution in [3.63, 3.8) is 0 Å². The Morgan fingerprint density at radius 3 is 2.77 bits per heavy atom. The number of aromatic amines is 1. The van der Waals surface area contributed by atoms with Crippen molar-refractivity contribution in [2.45, 2.75) is 32.2 Å². The van der Waals surface area contributed by atoms with Gasteiger partial charge in [0.15, 0.2) is 0 Å². The normalized spacial score (nSPS) is 16.6. The predicted molar refractivity (Wildman–Crippen MR) is 99.7 cm³/mol. The number of anilines is 1. The van der Waals surface area contributed by atoms with Crippen molar-refractivity contribution in [1.29, 1.82) is 0 Å². The average Bonchev–Trinajstić information content (AvgIpc) is 3.20. The van der Waals surface area contributed by atoms with E-state index in [-0.39, 0.29) is 23.9 Å². The zero-order chi connectivity index (χ0) is 18.4. The summed E-state index contributed by atoms with van der Waals surface area (Å²) >= 11 is 6.05. The highest BCUT2D eigenvalue weighted by Crippen LogP contribution is 2.38. The highest BCUT2D eigenvalue weighted by Gasteiger charge is 2.34. The van der Waals surface area contributed by atoms with E-state index in [2.05, 4.69) is 10.4 Å². The molecule has 0 saturated carbocycles. The van der Waals surface area contributed by atoms with Crippen LogP contribution in [0, 0.1) is 0 Å². The molecule has 1 aliphatic heterocycles. The number of carbonyl (C=O) groups excluding carboxylic acids is 1. The van der Waals surface area contributed by atoms with Gasteiger partial charge in [-0.1, -0.05) is 23.7 Å². The third-order valence-electron chi connectivity index (χ3n) is 4.55. The lowest BCUT2D eigenvalue weighted by atomic mass is 9.92. The lowest BCUT2D eigenvalue weighted by Gasteiger charge is -2.22. The molecule has 134 valence electrons. The summed E-state index contributed by atoms with van der Waals surface area (Å²) in [6, 6.07) is 11.0. The highest BCUT2D eigenvalue weighted by atomic mass is 35.5. The lowest BCUT2D eigenvalue weighted by molar-refractivity contribution is -0.116. The number of benzene rings is 1. The summed E-state index contributed by atoms with van der Waals surface area (Å²) in [6.45, 7) is 3.88. The molecular weight excluding hydrogens is 354 g/mol. The SMILES string of the molecule is CC(C)n1[nH]c(=O)c2c1NC(=O)C[C@H]2c1ccc(-c2cccc(Cl)c2)o1. The minimum absolute atomic E-state index is 0.0177. The van der Waals surface area contributed by atoms with E-state index >= 15 is 0 Å². The number of nitrogens with one attached hydrogen (secondary N) is 2. The van der Waals surface area contributed by atoms with Gasteiger partial charge in [-0.25, -0.2) is 0 Å². The first-order chi connectivity index (χ1) is 12.4. The molecule has 7 heteroatoms. The Kier molecular flexibility index (Phi) is 4.00. The number of nitrogens with zero attached hydrogens (tertiary/aromatic N) is 1. The van der Waals surface area contributed by atoms with Gasteiger partial charge in [0, 0.05) is 23.0 Å². The molecule has 3 heterocycles. The minimum Gasteiger partial charge on any atom is -0.460 e. The van der Waals surface area contributed by atoms with E-state index in [1.807, 2.05) is 44.2 Å². The lowest BCUT2D eigenvalue weighted by Crippen LogP contribution is -2.27. The summed E-state index contributed by atoms with van der Waals surface area (Å²) in [5, 5.41) is 6.23. The fourth-order valence-corrected chi connectivity index (χ4v) is 3.54. The van der Waals surface area contributed by atoms with Crippen LogP contribution in [-0.2, 0) is 4.79 Å². The molecular formula is C19H18ClN3O3. The number of H-pyrrole nitrogens is 1. The van der Waals surface area contributed by atoms with Crippen LogP contribution in [0.1, 0.15) is 43.6 Å². The third-order valence-corrected chi connectivity index (χ3v) is 4.79. The van der Waals surface area contributed by atoms with Crippen molar-refractivity contribution < 1.29 is 9.21 Å². The van der Waals surface area contributed by atoms with Gasteiger partial charge in [0.05, 0.1) is 11.5 Å². The summed E-state index contributed by atoms with van der Waals surface area (Å²) < 4.78 is 7.68. The molecule has 2 aromatic heterocycles. The zero-order valence-electron chi connectivity index (χ0n) is 14.4. The first-order valence-electron chi connectivity index (χ1n) is 8.44. The topological polar surface area (TPSA) is 80.0 Å². The molecule has 0 unspecified atom stereocenters. The first kappa shape index (κ1) is 16.7. The molecule has 1 atom stereocenters. The molecule has 0 radical (unpaired) electrons. The Morgan fingerprint density at radius 1 is 1.23 bits per heavy atom. The maximum atomic E-state index is 12.5. The molecule has 3 aromatic rings. The second-order valence-electron chi connectivity index (χ2n) is 6.68. The number of rotatable bonds is 3. The molecule has 6 nitrogen and oxygen atoms in total. The number of carbonyl (C=O) groups is 1. The molecule has 0 spiro atoms. The van der Waals surface area contributed by atoms with Gasteiger partial charge in [-0.3, -0.25) is 19.4 Å². The Hall–Kier alpha value is -2.73. The fraction of sp³-hybridized carbons (Fsp3) is 0.263. The Balaban J connectivity index is 1.79. The van der Waals surface area contributed by atoms with Crippen LogP contribution in [0.4, 0.5) is 5.82 Å². The number of furan rings is 1. The Bertz CT molecular complexity index is 1040. The van der Waals surface area contributed by atoms with E-state index in [0.29, 0.717) is 27.9 Å². The Morgan fingerprint density at radius 2 is 2.04 bits per heavy atom. The molecule has 0 fully saturated rings. The van der Waals surface area contributed by atoms with Gasteiger partial charge in [-0.05, 0) is 38.1 Å². The maximum Gasteiger partial charge on any atom is 0.270 e. The molecule has 1 amide bonds. The molecule has 4 rings (SSSR count). The summed E-state index contributed by atoms with van der Waals surface area (Å²) in [7, 11) is 0. The van der Waals surface area contributed by atoms with Gasteiger partial charge >= 0.3 is 0 Å². The number of amides is 1. The van der Waals surface area contributed by atoms with Crippen molar-refractivity contribution >= 4 is 23.3 Å². The van der Waals surface area contributed by atoms with Gasteiger partial charge in [-0.15, -0.1) is 0 Å². The summed E-state index contributed by atoms with van der Waals surface area (Å²) in [4.78, 5) is 24.7. The van der Waals surface area contributed by atoms with Crippen molar-refractivity contribution in [2.75, 3.05) is 5.32 Å². The van der Waals surface area contributed by atoms with Gasteiger partial charge in [0.1, 0.15) is 17.3 Å². The van der Waals surface area contributed by atoms with E-state index in [4.69, 9.17) is 16.0 Å². The molecule has 2 N–H and O–H groups in total. The first-order valence-corrected chi connectivity index (χ1v) is 8.81. The largest absolute Gasteiger partial charge is 0.460 e. The van der Waals surface area contributed by atoms with Crippen LogP contribution in [0.2, 0.25) is 5.02 Å². The molecule has 0 bridgehead atoms. The Labute approximate surface area is 154 Å². The standard InChI is InChI=1S/C19H18ClN3O3/c1-10(2)23-18-17(19(25)22-23)13(9-16(24)21-18)15-7-6-14(26-15)11-4-3-5-12(20)8-11/h3-8,10,13H,9H2,1-2H3,(H,21,24)(H,22,25)/t13-/m0/s1. The van der Waals surface area contributed by atoms with Crippen LogP contribution < -0.4 is 10.9 Å². The van der Waals surface area contributed by atoms with E-state index in [0.717, 1.165) is 5.56 Å².